The van der Waals surface area contributed by atoms with Gasteiger partial charge in [0.05, 0.1) is 33.3 Å². The maximum atomic E-state index is 14.7. The topological polar surface area (TPSA) is 173 Å². The highest BCUT2D eigenvalue weighted by Gasteiger charge is 2.68. The molecule has 4 aliphatic heterocycles. The molecular weight excluding hydrogens is 791 g/mol. The van der Waals surface area contributed by atoms with Crippen molar-refractivity contribution in [2.24, 2.45) is 22.5 Å². The molecule has 0 bridgehead atoms. The van der Waals surface area contributed by atoms with E-state index in [1.807, 2.05) is 44.7 Å². The molecule has 3 aromatic rings. The van der Waals surface area contributed by atoms with Gasteiger partial charge in [0.25, 0.3) is 17.7 Å². The molecule has 3 saturated heterocycles. The van der Waals surface area contributed by atoms with Crippen molar-refractivity contribution in [1.82, 2.24) is 19.7 Å². The van der Waals surface area contributed by atoms with Crippen molar-refractivity contribution in [3.8, 4) is 11.8 Å². The molecule has 60 heavy (non-hydrogen) atoms. The van der Waals surface area contributed by atoms with E-state index in [0.717, 1.165) is 62.2 Å². The molecule has 16 heteroatoms. The summed E-state index contributed by atoms with van der Waals surface area (Å²) >= 11 is 6.27. The number of piperidine rings is 2. The third-order valence-corrected chi connectivity index (χ3v) is 13.6. The number of nitriles is 1. The smallest absolute Gasteiger partial charge is 0.262 e. The number of nitrogens with two attached hydrogens (primary N) is 1. The highest BCUT2D eigenvalue weighted by atomic mass is 35.5. The molecule has 0 radical (unpaired) electrons. The second-order valence-corrected chi connectivity index (χ2v) is 18.2. The van der Waals surface area contributed by atoms with Crippen molar-refractivity contribution < 1.29 is 33.1 Å². The lowest BCUT2D eigenvalue weighted by Crippen LogP contribution is -2.77. The number of aromatic nitrogens is 1. The Hall–Kier alpha value is -5.59. The Labute approximate surface area is 353 Å². The number of imide groups is 2. The first-order chi connectivity index (χ1) is 28.5. The molecule has 1 saturated carbocycles. The van der Waals surface area contributed by atoms with E-state index < -0.39 is 58.5 Å². The van der Waals surface area contributed by atoms with Crippen molar-refractivity contribution >= 4 is 52.6 Å². The summed E-state index contributed by atoms with van der Waals surface area (Å²) in [6, 6.07) is 11.5. The van der Waals surface area contributed by atoms with Gasteiger partial charge in [-0.15, -0.1) is 0 Å². The van der Waals surface area contributed by atoms with E-state index >= 15 is 0 Å². The predicted molar refractivity (Wildman–Crippen MR) is 220 cm³/mol. The Morgan fingerprint density at radius 1 is 0.900 bits per heavy atom. The summed E-state index contributed by atoms with van der Waals surface area (Å²) in [5.41, 5.74) is 5.51. The van der Waals surface area contributed by atoms with Crippen molar-refractivity contribution in [2.75, 3.05) is 55.6 Å². The van der Waals surface area contributed by atoms with Crippen LogP contribution >= 0.6 is 11.6 Å². The van der Waals surface area contributed by atoms with Crippen LogP contribution < -0.4 is 20.3 Å². The van der Waals surface area contributed by atoms with Gasteiger partial charge in [0.15, 0.2) is 11.6 Å². The molecule has 5 amide bonds. The van der Waals surface area contributed by atoms with Crippen LogP contribution in [0.15, 0.2) is 48.7 Å². The van der Waals surface area contributed by atoms with Crippen LogP contribution in [0, 0.1) is 33.9 Å². The van der Waals surface area contributed by atoms with Gasteiger partial charge in [0, 0.05) is 81.0 Å². The van der Waals surface area contributed by atoms with Gasteiger partial charge >= 0.3 is 0 Å². The van der Waals surface area contributed by atoms with Crippen LogP contribution in [-0.4, -0.2) is 113 Å². The average molecular weight is 839 g/mol. The number of hydrogen-bond donors (Lipinski definition) is 1. The molecule has 2 aromatic carbocycles. The molecule has 0 spiro atoms. The number of anilines is 2. The minimum Gasteiger partial charge on any atom is -0.489 e. The number of halogens is 2. The maximum Gasteiger partial charge on any atom is 0.262 e. The number of piperazine rings is 1. The summed E-state index contributed by atoms with van der Waals surface area (Å²) in [5, 5.41) is 9.54. The minimum atomic E-state index is -1.13. The first-order valence-corrected chi connectivity index (χ1v) is 20.8. The molecule has 1 unspecified atom stereocenters. The van der Waals surface area contributed by atoms with E-state index in [1.54, 1.807) is 30.3 Å². The molecule has 1 aliphatic carbocycles. The van der Waals surface area contributed by atoms with Crippen molar-refractivity contribution in [3.63, 3.8) is 0 Å². The van der Waals surface area contributed by atoms with Gasteiger partial charge in [-0.05, 0) is 61.6 Å². The van der Waals surface area contributed by atoms with E-state index in [4.69, 9.17) is 22.1 Å². The molecule has 8 rings (SSSR count). The van der Waals surface area contributed by atoms with Gasteiger partial charge in [-0.25, -0.2) is 9.37 Å². The number of carbonyl (C=O) groups excluding carboxylic acids is 5. The highest BCUT2D eigenvalue weighted by Crippen LogP contribution is 2.58. The Balaban J connectivity index is 0.886. The van der Waals surface area contributed by atoms with E-state index in [1.165, 1.54) is 11.1 Å². The predicted octanol–water partition coefficient (Wildman–Crippen LogP) is 4.88. The molecule has 314 valence electrons. The van der Waals surface area contributed by atoms with Crippen LogP contribution in [0.3, 0.4) is 0 Å². The zero-order chi connectivity index (χ0) is 42.8. The summed E-state index contributed by atoms with van der Waals surface area (Å²) in [7, 11) is 0. The molecule has 5 aliphatic rings. The highest BCUT2D eigenvalue weighted by molar-refractivity contribution is 6.31. The Bertz CT molecular complexity index is 2320. The van der Waals surface area contributed by atoms with Crippen LogP contribution in [0.4, 0.5) is 15.9 Å². The van der Waals surface area contributed by atoms with Crippen molar-refractivity contribution in [3.05, 3.63) is 81.8 Å². The summed E-state index contributed by atoms with van der Waals surface area (Å²) in [4.78, 5) is 80.3. The van der Waals surface area contributed by atoms with Crippen molar-refractivity contribution in [1.29, 1.82) is 5.26 Å². The lowest BCUT2D eigenvalue weighted by molar-refractivity contribution is -0.216. The maximum absolute atomic E-state index is 14.7. The number of likely N-dealkylation sites (tertiary alicyclic amines) is 1. The largest absolute Gasteiger partial charge is 0.489 e. The molecule has 1 aromatic heterocycles. The number of nitrogens with zero attached hydrogens (tertiary/aromatic N) is 7. The normalized spacial score (nSPS) is 24.3. The number of carbonyl (C=O) groups is 5. The van der Waals surface area contributed by atoms with Gasteiger partial charge in [-0.3, -0.25) is 38.7 Å². The number of fused-ring (bicyclic) bond motifs is 1. The number of rotatable bonds is 9. The van der Waals surface area contributed by atoms with Gasteiger partial charge in [-0.2, -0.15) is 5.26 Å². The van der Waals surface area contributed by atoms with Crippen LogP contribution in [0.1, 0.15) is 90.0 Å². The zero-order valence-corrected chi connectivity index (χ0v) is 34.9. The van der Waals surface area contributed by atoms with Gasteiger partial charge in [-0.1, -0.05) is 39.3 Å². The molecule has 1 atom stereocenters. The fourth-order valence-electron chi connectivity index (χ4n) is 10.6. The number of pyridine rings is 1. The van der Waals surface area contributed by atoms with Crippen LogP contribution in [0.5, 0.6) is 5.75 Å². The summed E-state index contributed by atoms with van der Waals surface area (Å²) in [6.07, 6.45) is 2.68. The zero-order valence-electron chi connectivity index (χ0n) is 34.1. The SMILES string of the molecule is CC1(C)C(Oc2ccc(C#N)c(Cl)c2)C(C)(C)C1N1C(=O)CCC(N2C(=O)c3ccc(N4CCN(CC5CCN(c6ncc(C(N)=O)cc6F)CC5)CC4)cc3C2=O)C1=O. The van der Waals surface area contributed by atoms with Gasteiger partial charge in [0.2, 0.25) is 11.8 Å². The molecule has 14 nitrogen and oxygen atoms in total. The molecule has 2 N–H and O–H groups in total. The van der Waals surface area contributed by atoms with Gasteiger partial charge in [0.1, 0.15) is 24.0 Å². The number of primary amides is 1. The van der Waals surface area contributed by atoms with E-state index in [-0.39, 0.29) is 46.3 Å². The summed E-state index contributed by atoms with van der Waals surface area (Å²) in [5.74, 6) is -2.14. The molecular formula is C44H48ClFN8O6. The Morgan fingerprint density at radius 3 is 2.22 bits per heavy atom. The third kappa shape index (κ3) is 7.03. The second kappa shape index (κ2) is 15.5. The van der Waals surface area contributed by atoms with E-state index in [0.29, 0.717) is 30.3 Å². The number of ether oxygens (including phenoxy) is 1. The Kier molecular flexibility index (Phi) is 10.6. The summed E-state index contributed by atoms with van der Waals surface area (Å²) < 4.78 is 21.1. The number of hydrogen-bond acceptors (Lipinski definition) is 11. The monoisotopic (exact) mass is 838 g/mol. The standard InChI is InChI=1S/C44H48ClFN8O6/c1-43(2)41(44(3,4)42(43)60-29-7-5-26(22-47)32(45)21-29)54-35(55)10-9-34(40(54)59)53-38(57)30-8-6-28(20-31(30)39(53)58)51-17-15-50(16-18-51)24-25-11-13-52(14-12-25)37-33(46)19-27(23-49-37)36(48)56/h5-8,19-21,23,25,34,41-42H,9-18,24H2,1-4H3,(H2,48,56). The quantitative estimate of drug-likeness (QED) is 0.291. The molecule has 5 heterocycles. The second-order valence-electron chi connectivity index (χ2n) is 17.8. The Morgan fingerprint density at radius 2 is 1.58 bits per heavy atom. The third-order valence-electron chi connectivity index (χ3n) is 13.2. The fraction of sp³-hybridized carbons (Fsp3) is 0.477. The average Bonchev–Trinajstić information content (AvgIpc) is 3.46. The van der Waals surface area contributed by atoms with Crippen LogP contribution in [0.2, 0.25) is 5.02 Å². The summed E-state index contributed by atoms with van der Waals surface area (Å²) in [6.45, 7) is 13.0. The van der Waals surface area contributed by atoms with Crippen molar-refractivity contribution in [2.45, 2.75) is 71.6 Å². The van der Waals surface area contributed by atoms with E-state index in [9.17, 15) is 33.6 Å². The van der Waals surface area contributed by atoms with E-state index in [2.05, 4.69) is 14.8 Å². The number of benzene rings is 2. The number of amides is 5. The minimum absolute atomic E-state index is 0.000176. The molecule has 4 fully saturated rings. The van der Waals surface area contributed by atoms with Crippen LogP contribution in [0.25, 0.3) is 0 Å². The lowest BCUT2D eigenvalue weighted by Gasteiger charge is -2.65. The lowest BCUT2D eigenvalue weighted by atomic mass is 9.48. The van der Waals surface area contributed by atoms with Crippen LogP contribution in [-0.2, 0) is 9.59 Å². The first kappa shape index (κ1) is 41.2. The first-order valence-electron chi connectivity index (χ1n) is 20.4. The van der Waals surface area contributed by atoms with Gasteiger partial charge < -0.3 is 20.3 Å². The fourth-order valence-corrected chi connectivity index (χ4v) is 10.8.